The molecule has 18 heavy (non-hydrogen) atoms. The lowest BCUT2D eigenvalue weighted by atomic mass is 10.1. The highest BCUT2D eigenvalue weighted by molar-refractivity contribution is 5.61. The predicted octanol–water partition coefficient (Wildman–Crippen LogP) is 2.35. The number of methoxy groups -OCH3 is 1. The number of nitrogens with zero attached hydrogens (tertiary/aromatic N) is 3. The Balaban J connectivity index is 2.40. The SMILES string of the molecule is COc1ccc(-c2cc(C)nc(NC#N)n2)cc1. The minimum absolute atomic E-state index is 0.309. The van der Waals surface area contributed by atoms with Gasteiger partial charge in [-0.25, -0.2) is 9.97 Å². The Morgan fingerprint density at radius 3 is 2.56 bits per heavy atom. The average Bonchev–Trinajstić information content (AvgIpc) is 2.38. The van der Waals surface area contributed by atoms with Crippen LogP contribution in [0.4, 0.5) is 5.95 Å². The van der Waals surface area contributed by atoms with E-state index in [0.29, 0.717) is 5.95 Å². The van der Waals surface area contributed by atoms with E-state index in [-0.39, 0.29) is 0 Å². The number of hydrogen-bond donors (Lipinski definition) is 1. The van der Waals surface area contributed by atoms with Crippen LogP contribution < -0.4 is 10.1 Å². The standard InChI is InChI=1S/C13H12N4O/c1-9-7-12(17-13(16-9)15-8-14)10-3-5-11(18-2)6-4-10/h3-7H,1-2H3,(H,15,16,17). The highest BCUT2D eigenvalue weighted by Gasteiger charge is 2.04. The van der Waals surface area contributed by atoms with E-state index in [4.69, 9.17) is 10.00 Å². The molecule has 1 aromatic heterocycles. The summed E-state index contributed by atoms with van der Waals surface area (Å²) in [6.45, 7) is 1.86. The summed E-state index contributed by atoms with van der Waals surface area (Å²) in [5.41, 5.74) is 2.51. The van der Waals surface area contributed by atoms with Gasteiger partial charge in [0.25, 0.3) is 0 Å². The molecule has 0 aliphatic rings. The number of nitriles is 1. The van der Waals surface area contributed by atoms with Crippen molar-refractivity contribution in [3.8, 4) is 23.2 Å². The van der Waals surface area contributed by atoms with Crippen LogP contribution in [0.2, 0.25) is 0 Å². The first-order valence-electron chi connectivity index (χ1n) is 5.38. The lowest BCUT2D eigenvalue weighted by Gasteiger charge is -2.05. The third-order valence-corrected chi connectivity index (χ3v) is 2.41. The molecule has 0 fully saturated rings. The second-order valence-electron chi connectivity index (χ2n) is 3.68. The van der Waals surface area contributed by atoms with Gasteiger partial charge in [0.05, 0.1) is 12.8 Å². The topological polar surface area (TPSA) is 70.8 Å². The van der Waals surface area contributed by atoms with Crippen molar-refractivity contribution in [3.63, 3.8) is 0 Å². The van der Waals surface area contributed by atoms with Crippen LogP contribution in [-0.4, -0.2) is 17.1 Å². The molecule has 90 valence electrons. The second-order valence-corrected chi connectivity index (χ2v) is 3.68. The molecule has 2 rings (SSSR count). The zero-order valence-electron chi connectivity index (χ0n) is 10.1. The number of benzene rings is 1. The number of nitrogens with one attached hydrogen (secondary N) is 1. The third-order valence-electron chi connectivity index (χ3n) is 2.41. The summed E-state index contributed by atoms with van der Waals surface area (Å²) < 4.78 is 5.10. The maximum absolute atomic E-state index is 8.58. The van der Waals surface area contributed by atoms with E-state index in [1.807, 2.05) is 43.4 Å². The maximum Gasteiger partial charge on any atom is 0.236 e. The summed E-state index contributed by atoms with van der Waals surface area (Å²) >= 11 is 0. The number of aromatic nitrogens is 2. The first-order valence-corrected chi connectivity index (χ1v) is 5.38. The Hall–Kier alpha value is -2.61. The van der Waals surface area contributed by atoms with Gasteiger partial charge >= 0.3 is 0 Å². The van der Waals surface area contributed by atoms with Crippen LogP contribution in [0.3, 0.4) is 0 Å². The minimum atomic E-state index is 0.309. The second kappa shape index (κ2) is 5.15. The first-order chi connectivity index (χ1) is 8.72. The summed E-state index contributed by atoms with van der Waals surface area (Å²) in [6.07, 6.45) is 1.81. The van der Waals surface area contributed by atoms with Crippen LogP contribution in [-0.2, 0) is 0 Å². The normalized spacial score (nSPS) is 9.61. The van der Waals surface area contributed by atoms with E-state index in [1.54, 1.807) is 7.11 Å². The number of anilines is 1. The van der Waals surface area contributed by atoms with Gasteiger partial charge in [-0.05, 0) is 37.3 Å². The minimum Gasteiger partial charge on any atom is -0.497 e. The zero-order valence-corrected chi connectivity index (χ0v) is 10.1. The van der Waals surface area contributed by atoms with E-state index < -0.39 is 0 Å². The van der Waals surface area contributed by atoms with Crippen molar-refractivity contribution >= 4 is 5.95 Å². The summed E-state index contributed by atoms with van der Waals surface area (Å²) in [6, 6.07) is 9.42. The van der Waals surface area contributed by atoms with E-state index in [2.05, 4.69) is 15.3 Å². The molecule has 5 nitrogen and oxygen atoms in total. The van der Waals surface area contributed by atoms with Gasteiger partial charge in [-0.1, -0.05) is 0 Å². The molecule has 0 aliphatic carbocycles. The van der Waals surface area contributed by atoms with E-state index >= 15 is 0 Å². The molecule has 5 heteroatoms. The molecule has 0 saturated carbocycles. The Labute approximate surface area is 105 Å². The van der Waals surface area contributed by atoms with Gasteiger partial charge < -0.3 is 4.74 Å². The van der Waals surface area contributed by atoms with Gasteiger partial charge in [-0.2, -0.15) is 5.26 Å². The van der Waals surface area contributed by atoms with Gasteiger partial charge in [0.15, 0.2) is 6.19 Å². The molecule has 0 saturated heterocycles. The third kappa shape index (κ3) is 2.55. The largest absolute Gasteiger partial charge is 0.497 e. The molecule has 1 aromatic carbocycles. The predicted molar refractivity (Wildman–Crippen MR) is 68.0 cm³/mol. The van der Waals surface area contributed by atoms with Crippen molar-refractivity contribution < 1.29 is 4.74 Å². The zero-order chi connectivity index (χ0) is 13.0. The summed E-state index contributed by atoms with van der Waals surface area (Å²) in [5.74, 6) is 1.10. The Morgan fingerprint density at radius 2 is 1.94 bits per heavy atom. The number of rotatable bonds is 3. The number of hydrogen-bond acceptors (Lipinski definition) is 5. The smallest absolute Gasteiger partial charge is 0.236 e. The Morgan fingerprint density at radius 1 is 1.22 bits per heavy atom. The Kier molecular flexibility index (Phi) is 3.39. The van der Waals surface area contributed by atoms with Gasteiger partial charge in [-0.3, -0.25) is 5.32 Å². The lowest BCUT2D eigenvalue weighted by molar-refractivity contribution is 0.415. The van der Waals surface area contributed by atoms with Crippen LogP contribution in [0.25, 0.3) is 11.3 Å². The fourth-order valence-corrected chi connectivity index (χ4v) is 1.58. The summed E-state index contributed by atoms with van der Waals surface area (Å²) in [4.78, 5) is 8.38. The monoisotopic (exact) mass is 240 g/mol. The van der Waals surface area contributed by atoms with Gasteiger partial charge in [0.1, 0.15) is 5.75 Å². The fourth-order valence-electron chi connectivity index (χ4n) is 1.58. The van der Waals surface area contributed by atoms with Crippen molar-refractivity contribution in [3.05, 3.63) is 36.0 Å². The van der Waals surface area contributed by atoms with Gasteiger partial charge in [0.2, 0.25) is 5.95 Å². The molecule has 0 aliphatic heterocycles. The molecule has 0 unspecified atom stereocenters. The van der Waals surface area contributed by atoms with Crippen LogP contribution >= 0.6 is 0 Å². The molecule has 1 heterocycles. The van der Waals surface area contributed by atoms with Crippen molar-refractivity contribution in [2.45, 2.75) is 6.92 Å². The maximum atomic E-state index is 8.58. The van der Waals surface area contributed by atoms with E-state index in [0.717, 1.165) is 22.7 Å². The molecule has 0 radical (unpaired) electrons. The van der Waals surface area contributed by atoms with Crippen molar-refractivity contribution in [1.29, 1.82) is 5.26 Å². The van der Waals surface area contributed by atoms with Crippen LogP contribution in [0, 0.1) is 18.4 Å². The van der Waals surface area contributed by atoms with Gasteiger partial charge in [-0.15, -0.1) is 0 Å². The van der Waals surface area contributed by atoms with Crippen LogP contribution in [0.1, 0.15) is 5.69 Å². The van der Waals surface area contributed by atoms with Gasteiger partial charge in [0, 0.05) is 11.3 Å². The van der Waals surface area contributed by atoms with E-state index in [1.165, 1.54) is 0 Å². The molecule has 2 aromatic rings. The molecular formula is C13H12N4O. The highest BCUT2D eigenvalue weighted by atomic mass is 16.5. The van der Waals surface area contributed by atoms with E-state index in [9.17, 15) is 0 Å². The van der Waals surface area contributed by atoms with Crippen molar-refractivity contribution in [2.75, 3.05) is 12.4 Å². The molecule has 1 N–H and O–H groups in total. The van der Waals surface area contributed by atoms with Crippen LogP contribution in [0.15, 0.2) is 30.3 Å². The average molecular weight is 240 g/mol. The molecule has 0 amide bonds. The summed E-state index contributed by atoms with van der Waals surface area (Å²) in [7, 11) is 1.62. The van der Waals surface area contributed by atoms with Crippen LogP contribution in [0.5, 0.6) is 5.75 Å². The van der Waals surface area contributed by atoms with Crippen molar-refractivity contribution in [2.24, 2.45) is 0 Å². The summed E-state index contributed by atoms with van der Waals surface area (Å²) in [5, 5.41) is 11.0. The molecule has 0 spiro atoms. The first kappa shape index (κ1) is 11.9. The quantitative estimate of drug-likeness (QED) is 0.658. The number of ether oxygens (including phenoxy) is 1. The molecule has 0 bridgehead atoms. The Bertz CT molecular complexity index is 587. The lowest BCUT2D eigenvalue weighted by Crippen LogP contribution is -1.99. The molecular weight excluding hydrogens is 228 g/mol. The van der Waals surface area contributed by atoms with Crippen molar-refractivity contribution in [1.82, 2.24) is 9.97 Å². The highest BCUT2D eigenvalue weighted by Crippen LogP contribution is 2.22. The fraction of sp³-hybridized carbons (Fsp3) is 0.154. The molecule has 0 atom stereocenters. The number of aryl methyl sites for hydroxylation is 1.